The van der Waals surface area contributed by atoms with Gasteiger partial charge in [-0.05, 0) is 6.92 Å². The summed E-state index contributed by atoms with van der Waals surface area (Å²) in [4.78, 5) is 11.4. The molecule has 15 heavy (non-hydrogen) atoms. The minimum Gasteiger partial charge on any atom is -0.377 e. The summed E-state index contributed by atoms with van der Waals surface area (Å²) in [6.45, 7) is 1.84. The van der Waals surface area contributed by atoms with Gasteiger partial charge in [0.25, 0.3) is 5.91 Å². The van der Waals surface area contributed by atoms with Gasteiger partial charge in [0.2, 0.25) is 0 Å². The Kier molecular flexibility index (Phi) is 3.83. The Balaban J connectivity index is 2.62. The van der Waals surface area contributed by atoms with Crippen LogP contribution in [0.15, 0.2) is 10.6 Å². The fourth-order valence-corrected chi connectivity index (χ4v) is 0.933. The van der Waals surface area contributed by atoms with Crippen LogP contribution >= 0.6 is 0 Å². The molecule has 0 spiro atoms. The monoisotopic (exact) mass is 209 g/mol. The van der Waals surface area contributed by atoms with Crippen LogP contribution < -0.4 is 5.32 Å². The van der Waals surface area contributed by atoms with Gasteiger partial charge < -0.3 is 14.6 Å². The Morgan fingerprint density at radius 2 is 2.60 bits per heavy atom. The molecular formula is C9H11N3O3. The first kappa shape index (κ1) is 11.2. The Bertz CT molecular complexity index is 380. The number of nitrogens with one attached hydrogen (secondary N) is 1. The molecule has 1 atom stereocenters. The average Bonchev–Trinajstić information content (AvgIpc) is 2.67. The Labute approximate surface area is 86.8 Å². The second-order valence-electron chi connectivity index (χ2n) is 2.94. The smallest absolute Gasteiger partial charge is 0.274 e. The standard InChI is InChI=1S/C9H11N3O3/c1-6(4-10)11-9(13)8-3-7(5-14-2)15-12-8/h3,6H,5H2,1-2H3,(H,11,13). The van der Waals surface area contributed by atoms with Gasteiger partial charge in [-0.3, -0.25) is 4.79 Å². The normalized spacial score (nSPS) is 11.8. The van der Waals surface area contributed by atoms with Gasteiger partial charge in [0, 0.05) is 13.2 Å². The van der Waals surface area contributed by atoms with E-state index in [1.165, 1.54) is 13.2 Å². The molecule has 1 unspecified atom stereocenters. The van der Waals surface area contributed by atoms with Gasteiger partial charge in [0.15, 0.2) is 11.5 Å². The minimum atomic E-state index is -0.555. The second kappa shape index (κ2) is 5.12. The third-order valence-electron chi connectivity index (χ3n) is 1.62. The number of methoxy groups -OCH3 is 1. The van der Waals surface area contributed by atoms with Crippen LogP contribution in [0.2, 0.25) is 0 Å². The molecule has 0 aromatic carbocycles. The van der Waals surface area contributed by atoms with E-state index in [0.717, 1.165) is 0 Å². The topological polar surface area (TPSA) is 88.1 Å². The van der Waals surface area contributed by atoms with Crippen molar-refractivity contribution < 1.29 is 14.1 Å². The van der Waals surface area contributed by atoms with Crippen molar-refractivity contribution in [2.75, 3.05) is 7.11 Å². The molecule has 1 aromatic heterocycles. The fourth-order valence-electron chi connectivity index (χ4n) is 0.933. The first-order chi connectivity index (χ1) is 7.17. The zero-order chi connectivity index (χ0) is 11.3. The number of aromatic nitrogens is 1. The van der Waals surface area contributed by atoms with Gasteiger partial charge in [0.05, 0.1) is 6.07 Å². The lowest BCUT2D eigenvalue weighted by Crippen LogP contribution is -2.31. The van der Waals surface area contributed by atoms with Crippen molar-refractivity contribution in [3.05, 3.63) is 17.5 Å². The first-order valence-corrected chi connectivity index (χ1v) is 4.32. The maximum atomic E-state index is 11.4. The summed E-state index contributed by atoms with van der Waals surface area (Å²) in [5, 5.41) is 14.5. The maximum absolute atomic E-state index is 11.4. The van der Waals surface area contributed by atoms with Gasteiger partial charge >= 0.3 is 0 Å². The molecule has 1 aromatic rings. The number of nitrogens with zero attached hydrogens (tertiary/aromatic N) is 2. The lowest BCUT2D eigenvalue weighted by atomic mass is 10.3. The molecule has 0 aliphatic heterocycles. The number of rotatable bonds is 4. The number of hydrogen-bond donors (Lipinski definition) is 1. The highest BCUT2D eigenvalue weighted by Crippen LogP contribution is 2.04. The molecule has 0 saturated heterocycles. The number of ether oxygens (including phenoxy) is 1. The van der Waals surface area contributed by atoms with E-state index in [1.54, 1.807) is 6.92 Å². The van der Waals surface area contributed by atoms with E-state index < -0.39 is 11.9 Å². The van der Waals surface area contributed by atoms with Crippen LogP contribution in [0, 0.1) is 11.3 Å². The predicted octanol–water partition coefficient (Wildman–Crippen LogP) is 0.463. The van der Waals surface area contributed by atoms with Crippen molar-refractivity contribution in [3.8, 4) is 6.07 Å². The van der Waals surface area contributed by atoms with Crippen LogP contribution in [0.1, 0.15) is 23.2 Å². The number of carbonyl (C=O) groups excluding carboxylic acids is 1. The molecular weight excluding hydrogens is 198 g/mol. The van der Waals surface area contributed by atoms with Crippen LogP contribution in [0.4, 0.5) is 0 Å². The van der Waals surface area contributed by atoms with Crippen LogP contribution in [0.25, 0.3) is 0 Å². The molecule has 0 aliphatic rings. The molecule has 6 heteroatoms. The van der Waals surface area contributed by atoms with Gasteiger partial charge in [-0.1, -0.05) is 5.16 Å². The van der Waals surface area contributed by atoms with Crippen molar-refractivity contribution in [1.29, 1.82) is 5.26 Å². The van der Waals surface area contributed by atoms with Crippen LogP contribution in [-0.4, -0.2) is 24.2 Å². The van der Waals surface area contributed by atoms with E-state index in [9.17, 15) is 4.79 Å². The molecule has 0 saturated carbocycles. The minimum absolute atomic E-state index is 0.143. The zero-order valence-corrected chi connectivity index (χ0v) is 8.48. The van der Waals surface area contributed by atoms with Crippen molar-refractivity contribution in [3.63, 3.8) is 0 Å². The second-order valence-corrected chi connectivity index (χ2v) is 2.94. The highest BCUT2D eigenvalue weighted by Gasteiger charge is 2.14. The third kappa shape index (κ3) is 3.07. The maximum Gasteiger partial charge on any atom is 0.274 e. The SMILES string of the molecule is COCc1cc(C(=O)NC(C)C#N)no1. The van der Waals surface area contributed by atoms with Crippen molar-refractivity contribution in [1.82, 2.24) is 10.5 Å². The predicted molar refractivity (Wildman–Crippen MR) is 49.8 cm³/mol. The lowest BCUT2D eigenvalue weighted by molar-refractivity contribution is 0.0938. The van der Waals surface area contributed by atoms with Crippen LogP contribution in [0.5, 0.6) is 0 Å². The average molecular weight is 209 g/mol. The van der Waals surface area contributed by atoms with Crippen molar-refractivity contribution in [2.45, 2.75) is 19.6 Å². The van der Waals surface area contributed by atoms with Crippen molar-refractivity contribution in [2.24, 2.45) is 0 Å². The van der Waals surface area contributed by atoms with E-state index in [2.05, 4.69) is 10.5 Å². The van der Waals surface area contributed by atoms with Crippen LogP contribution in [0.3, 0.4) is 0 Å². The summed E-state index contributed by atoms with van der Waals surface area (Å²) in [6, 6.07) is 2.80. The summed E-state index contributed by atoms with van der Waals surface area (Å²) in [5.74, 6) is 0.0300. The Morgan fingerprint density at radius 1 is 1.87 bits per heavy atom. The molecule has 80 valence electrons. The number of hydrogen-bond acceptors (Lipinski definition) is 5. The van der Waals surface area contributed by atoms with E-state index in [4.69, 9.17) is 14.5 Å². The van der Waals surface area contributed by atoms with Gasteiger partial charge in [-0.25, -0.2) is 0 Å². The molecule has 1 heterocycles. The van der Waals surface area contributed by atoms with E-state index in [-0.39, 0.29) is 12.3 Å². The summed E-state index contributed by atoms with van der Waals surface area (Å²) in [7, 11) is 1.51. The third-order valence-corrected chi connectivity index (χ3v) is 1.62. The van der Waals surface area contributed by atoms with E-state index in [1.807, 2.05) is 6.07 Å². The summed E-state index contributed by atoms with van der Waals surface area (Å²) in [5.41, 5.74) is 0.143. The molecule has 0 bridgehead atoms. The molecule has 0 aliphatic carbocycles. The number of nitriles is 1. The summed E-state index contributed by atoms with van der Waals surface area (Å²) in [6.07, 6.45) is 0. The Morgan fingerprint density at radius 3 is 3.20 bits per heavy atom. The highest BCUT2D eigenvalue weighted by atomic mass is 16.5. The molecule has 1 rings (SSSR count). The fraction of sp³-hybridized carbons (Fsp3) is 0.444. The van der Waals surface area contributed by atoms with E-state index >= 15 is 0 Å². The van der Waals surface area contributed by atoms with Crippen LogP contribution in [-0.2, 0) is 11.3 Å². The lowest BCUT2D eigenvalue weighted by Gasteiger charge is -2.01. The highest BCUT2D eigenvalue weighted by molar-refractivity contribution is 5.92. The molecule has 1 N–H and O–H groups in total. The van der Waals surface area contributed by atoms with Gasteiger partial charge in [-0.15, -0.1) is 0 Å². The Hall–Kier alpha value is -1.87. The quantitative estimate of drug-likeness (QED) is 0.778. The summed E-state index contributed by atoms with van der Waals surface area (Å²) >= 11 is 0. The number of carbonyl (C=O) groups is 1. The zero-order valence-electron chi connectivity index (χ0n) is 8.48. The van der Waals surface area contributed by atoms with Gasteiger partial charge in [0.1, 0.15) is 12.6 Å². The first-order valence-electron chi connectivity index (χ1n) is 4.32. The van der Waals surface area contributed by atoms with E-state index in [0.29, 0.717) is 5.76 Å². The largest absolute Gasteiger partial charge is 0.377 e. The van der Waals surface area contributed by atoms with Crippen molar-refractivity contribution >= 4 is 5.91 Å². The summed E-state index contributed by atoms with van der Waals surface area (Å²) < 4.78 is 9.63. The molecule has 6 nitrogen and oxygen atoms in total. The molecule has 0 fully saturated rings. The molecule has 1 amide bonds. The van der Waals surface area contributed by atoms with Gasteiger partial charge in [-0.2, -0.15) is 5.26 Å². The number of amides is 1. The molecule has 0 radical (unpaired) electrons.